The van der Waals surface area contributed by atoms with E-state index in [0.29, 0.717) is 30.8 Å². The van der Waals surface area contributed by atoms with Crippen LogP contribution in [0, 0.1) is 16.7 Å². The van der Waals surface area contributed by atoms with Crippen molar-refractivity contribution in [3.8, 4) is 5.75 Å². The Morgan fingerprint density at radius 2 is 1.70 bits per heavy atom. The lowest BCUT2D eigenvalue weighted by molar-refractivity contribution is -0.155. The molecule has 2 aromatic carbocycles. The van der Waals surface area contributed by atoms with Gasteiger partial charge in [-0.3, -0.25) is 9.59 Å². The molecule has 2 aromatic rings. The van der Waals surface area contributed by atoms with Crippen LogP contribution in [0.5, 0.6) is 5.75 Å². The maximum atomic E-state index is 13.0. The number of benzene rings is 2. The molecule has 3 N–H and O–H groups in total. The van der Waals surface area contributed by atoms with Crippen LogP contribution in [0.3, 0.4) is 0 Å². The maximum Gasteiger partial charge on any atom is 0.326 e. The first-order chi connectivity index (χ1) is 15.5. The summed E-state index contributed by atoms with van der Waals surface area (Å²) in [6, 6.07) is 15.7. The topological polar surface area (TPSA) is 113 Å². The number of carbonyl (C=O) groups excluding carboxylic acids is 1. The molecule has 2 unspecified atom stereocenters. The summed E-state index contributed by atoms with van der Waals surface area (Å²) in [5, 5.41) is 22.1. The number of hydrogen-bond donors (Lipinski definition) is 3. The number of ether oxygens (including phenoxy) is 1. The molecular formula is C26H31NO6. The third-order valence-electron chi connectivity index (χ3n) is 7.22. The number of rotatable bonds is 9. The highest BCUT2D eigenvalue weighted by molar-refractivity contribution is 5.87. The number of aliphatic carboxylic acids is 2. The number of carboxylic acid groups (broad SMARTS) is 2. The fourth-order valence-corrected chi connectivity index (χ4v) is 4.55. The lowest BCUT2D eigenvalue weighted by atomic mass is 9.65. The minimum atomic E-state index is -1.14. The van der Waals surface area contributed by atoms with Crippen LogP contribution in [-0.2, 0) is 27.4 Å². The van der Waals surface area contributed by atoms with E-state index in [9.17, 15) is 24.6 Å². The molecule has 0 bridgehead atoms. The number of amides is 1. The summed E-state index contributed by atoms with van der Waals surface area (Å²) in [7, 11) is 0. The van der Waals surface area contributed by atoms with Gasteiger partial charge in [-0.1, -0.05) is 56.3 Å². The third-order valence-corrected chi connectivity index (χ3v) is 7.22. The quantitative estimate of drug-likeness (QED) is 0.531. The van der Waals surface area contributed by atoms with E-state index in [-0.39, 0.29) is 6.42 Å². The van der Waals surface area contributed by atoms with Crippen LogP contribution in [0.4, 0.5) is 0 Å². The van der Waals surface area contributed by atoms with E-state index in [4.69, 9.17) is 4.74 Å². The highest BCUT2D eigenvalue weighted by Crippen LogP contribution is 2.56. The normalized spacial score (nSPS) is 22.3. The summed E-state index contributed by atoms with van der Waals surface area (Å²) in [5.41, 5.74) is -0.115. The molecule has 0 saturated heterocycles. The molecule has 0 aliphatic heterocycles. The van der Waals surface area contributed by atoms with Crippen molar-refractivity contribution in [3.63, 3.8) is 0 Å². The number of hydrogen-bond acceptors (Lipinski definition) is 4. The van der Waals surface area contributed by atoms with Crippen LogP contribution < -0.4 is 10.1 Å². The van der Waals surface area contributed by atoms with Gasteiger partial charge < -0.3 is 20.3 Å². The number of carbonyl (C=O) groups is 3. The Hall–Kier alpha value is -3.35. The molecule has 0 spiro atoms. The van der Waals surface area contributed by atoms with Gasteiger partial charge in [0.15, 0.2) is 0 Å². The molecule has 0 aromatic heterocycles. The standard InChI is InChI=1S/C26H31NO6/c1-25(2)20(12-13-26(25,3)24(31)32)22(28)27-21(23(29)30)15-18-10-7-11-19(14-18)33-16-17-8-5-4-6-9-17/h4-11,14,20-21H,12-13,15-16H2,1-3H3,(H,27,28)(H,29,30)(H,31,32)/t20?,21-,26?/m0/s1. The minimum absolute atomic E-state index is 0.0902. The summed E-state index contributed by atoms with van der Waals surface area (Å²) in [5.74, 6) is -2.48. The van der Waals surface area contributed by atoms with Crippen LogP contribution in [0.2, 0.25) is 0 Å². The van der Waals surface area contributed by atoms with Gasteiger partial charge in [-0.05, 0) is 48.4 Å². The predicted molar refractivity (Wildman–Crippen MR) is 123 cm³/mol. The highest BCUT2D eigenvalue weighted by Gasteiger charge is 2.58. The molecule has 7 nitrogen and oxygen atoms in total. The Morgan fingerprint density at radius 1 is 1.03 bits per heavy atom. The SMILES string of the molecule is CC1(C(=O)O)CCC(C(=O)N[C@@H](Cc2cccc(OCc3ccccc3)c2)C(=O)O)C1(C)C. The van der Waals surface area contributed by atoms with Gasteiger partial charge in [0.2, 0.25) is 5.91 Å². The highest BCUT2D eigenvalue weighted by atomic mass is 16.5. The van der Waals surface area contributed by atoms with Crippen molar-refractivity contribution in [1.29, 1.82) is 0 Å². The predicted octanol–water partition coefficient (Wildman–Crippen LogP) is 3.90. The zero-order chi connectivity index (χ0) is 24.2. The van der Waals surface area contributed by atoms with Crippen LogP contribution in [-0.4, -0.2) is 34.1 Å². The summed E-state index contributed by atoms with van der Waals surface area (Å²) in [4.78, 5) is 36.7. The van der Waals surface area contributed by atoms with Crippen molar-refractivity contribution in [2.24, 2.45) is 16.7 Å². The molecule has 7 heteroatoms. The smallest absolute Gasteiger partial charge is 0.326 e. The van der Waals surface area contributed by atoms with E-state index in [1.54, 1.807) is 45.0 Å². The monoisotopic (exact) mass is 453 g/mol. The molecule has 1 saturated carbocycles. The molecule has 3 rings (SSSR count). The van der Waals surface area contributed by atoms with Gasteiger partial charge in [0.05, 0.1) is 5.41 Å². The summed E-state index contributed by atoms with van der Waals surface area (Å²) in [6.45, 7) is 5.57. The van der Waals surface area contributed by atoms with Crippen LogP contribution in [0.25, 0.3) is 0 Å². The van der Waals surface area contributed by atoms with E-state index in [2.05, 4.69) is 5.32 Å². The molecule has 1 fully saturated rings. The van der Waals surface area contributed by atoms with Crippen molar-refractivity contribution in [3.05, 3.63) is 65.7 Å². The first kappa shape index (κ1) is 24.3. The Balaban J connectivity index is 1.67. The lowest BCUT2D eigenvalue weighted by Crippen LogP contribution is -2.49. The van der Waals surface area contributed by atoms with Gasteiger partial charge in [0.1, 0.15) is 18.4 Å². The molecule has 176 valence electrons. The average molecular weight is 454 g/mol. The Bertz CT molecular complexity index is 1020. The van der Waals surface area contributed by atoms with Gasteiger partial charge in [0, 0.05) is 12.3 Å². The summed E-state index contributed by atoms with van der Waals surface area (Å²) < 4.78 is 5.82. The second kappa shape index (κ2) is 9.65. The van der Waals surface area contributed by atoms with Crippen LogP contribution in [0.15, 0.2) is 54.6 Å². The van der Waals surface area contributed by atoms with Gasteiger partial charge >= 0.3 is 11.9 Å². The molecule has 0 radical (unpaired) electrons. The zero-order valence-electron chi connectivity index (χ0n) is 19.2. The molecule has 1 amide bonds. The van der Waals surface area contributed by atoms with Crippen molar-refractivity contribution in [2.45, 2.75) is 52.7 Å². The number of nitrogens with one attached hydrogen (secondary N) is 1. The van der Waals surface area contributed by atoms with Crippen molar-refractivity contribution >= 4 is 17.8 Å². The molecule has 0 heterocycles. The Morgan fingerprint density at radius 3 is 2.30 bits per heavy atom. The second-order valence-electron chi connectivity index (χ2n) is 9.48. The molecule has 33 heavy (non-hydrogen) atoms. The van der Waals surface area contributed by atoms with Crippen molar-refractivity contribution < 1.29 is 29.3 Å². The maximum absolute atomic E-state index is 13.0. The second-order valence-corrected chi connectivity index (χ2v) is 9.48. The van der Waals surface area contributed by atoms with E-state index in [1.807, 2.05) is 30.3 Å². The molecule has 3 atom stereocenters. The lowest BCUT2D eigenvalue weighted by Gasteiger charge is -2.38. The molecular weight excluding hydrogens is 422 g/mol. The first-order valence-corrected chi connectivity index (χ1v) is 11.1. The van der Waals surface area contributed by atoms with Gasteiger partial charge in [-0.15, -0.1) is 0 Å². The summed E-state index contributed by atoms with van der Waals surface area (Å²) >= 11 is 0. The largest absolute Gasteiger partial charge is 0.489 e. The molecule has 1 aliphatic rings. The number of carboxylic acids is 2. The van der Waals surface area contributed by atoms with Crippen molar-refractivity contribution in [1.82, 2.24) is 5.32 Å². The zero-order valence-corrected chi connectivity index (χ0v) is 19.2. The van der Waals surface area contributed by atoms with E-state index in [1.165, 1.54) is 0 Å². The molecule has 1 aliphatic carbocycles. The minimum Gasteiger partial charge on any atom is -0.489 e. The fourth-order valence-electron chi connectivity index (χ4n) is 4.55. The van der Waals surface area contributed by atoms with E-state index >= 15 is 0 Å². The van der Waals surface area contributed by atoms with E-state index in [0.717, 1.165) is 5.56 Å². The Labute approximate surface area is 193 Å². The third kappa shape index (κ3) is 5.18. The van der Waals surface area contributed by atoms with Gasteiger partial charge in [-0.2, -0.15) is 0 Å². The summed E-state index contributed by atoms with van der Waals surface area (Å²) in [6.07, 6.45) is 0.857. The van der Waals surface area contributed by atoms with Gasteiger partial charge in [0.25, 0.3) is 0 Å². The Kier molecular flexibility index (Phi) is 7.10. The van der Waals surface area contributed by atoms with E-state index < -0.39 is 40.6 Å². The van der Waals surface area contributed by atoms with Crippen LogP contribution >= 0.6 is 0 Å². The fraction of sp³-hybridized carbons (Fsp3) is 0.423. The van der Waals surface area contributed by atoms with Gasteiger partial charge in [-0.25, -0.2) is 4.79 Å². The van der Waals surface area contributed by atoms with Crippen molar-refractivity contribution in [2.75, 3.05) is 0 Å². The first-order valence-electron chi connectivity index (χ1n) is 11.1. The average Bonchev–Trinajstić information content (AvgIpc) is 3.02. The van der Waals surface area contributed by atoms with Crippen LogP contribution in [0.1, 0.15) is 44.7 Å².